The highest BCUT2D eigenvalue weighted by Gasteiger charge is 2.30. The van der Waals surface area contributed by atoms with Crippen LogP contribution < -0.4 is 5.32 Å². The molecule has 126 valence electrons. The zero-order chi connectivity index (χ0) is 17.2. The molecule has 1 N–H and O–H groups in total. The number of anilines is 1. The molecule has 2 aromatic heterocycles. The van der Waals surface area contributed by atoms with E-state index in [0.717, 1.165) is 35.2 Å². The highest BCUT2D eigenvalue weighted by atomic mass is 16.5. The van der Waals surface area contributed by atoms with Crippen molar-refractivity contribution in [3.8, 4) is 6.07 Å². The molecule has 3 aromatic rings. The zero-order valence-electron chi connectivity index (χ0n) is 13.9. The van der Waals surface area contributed by atoms with E-state index in [1.54, 1.807) is 4.68 Å². The van der Waals surface area contributed by atoms with Gasteiger partial charge in [0.15, 0.2) is 5.69 Å². The number of aryl methyl sites for hydroxylation is 1. The third-order valence-corrected chi connectivity index (χ3v) is 4.58. The second kappa shape index (κ2) is 6.49. The Labute approximate surface area is 145 Å². The summed E-state index contributed by atoms with van der Waals surface area (Å²) in [7, 11) is 1.90. The van der Waals surface area contributed by atoms with Crippen LogP contribution in [-0.4, -0.2) is 33.1 Å². The van der Waals surface area contributed by atoms with Gasteiger partial charge in [0.1, 0.15) is 6.07 Å². The molecule has 7 nitrogen and oxygen atoms in total. The van der Waals surface area contributed by atoms with E-state index in [1.165, 1.54) is 0 Å². The SMILES string of the molecule is Cn1cc([C@@H]2OCC[C@H]2CNc2c(C#N)nnc3ccccc23)cn1. The van der Waals surface area contributed by atoms with Crippen LogP contribution in [0.25, 0.3) is 10.9 Å². The molecule has 4 rings (SSSR count). The summed E-state index contributed by atoms with van der Waals surface area (Å²) in [4.78, 5) is 0. The van der Waals surface area contributed by atoms with Crippen molar-refractivity contribution in [3.63, 3.8) is 0 Å². The number of aromatic nitrogens is 4. The fourth-order valence-electron chi connectivity index (χ4n) is 3.34. The smallest absolute Gasteiger partial charge is 0.186 e. The molecular weight excluding hydrogens is 316 g/mol. The highest BCUT2D eigenvalue weighted by molar-refractivity contribution is 5.92. The second-order valence-corrected chi connectivity index (χ2v) is 6.22. The van der Waals surface area contributed by atoms with E-state index < -0.39 is 0 Å². The number of hydrogen-bond donors (Lipinski definition) is 1. The molecule has 2 atom stereocenters. The van der Waals surface area contributed by atoms with Gasteiger partial charge in [-0.15, -0.1) is 10.2 Å². The molecular formula is C18H18N6O. The molecule has 0 amide bonds. The van der Waals surface area contributed by atoms with E-state index in [0.29, 0.717) is 18.2 Å². The van der Waals surface area contributed by atoms with Gasteiger partial charge in [0.2, 0.25) is 0 Å². The molecule has 3 heterocycles. The quantitative estimate of drug-likeness (QED) is 0.788. The van der Waals surface area contributed by atoms with Crippen LogP contribution >= 0.6 is 0 Å². The summed E-state index contributed by atoms with van der Waals surface area (Å²) in [6.07, 6.45) is 4.83. The van der Waals surface area contributed by atoms with Gasteiger partial charge >= 0.3 is 0 Å². The number of hydrogen-bond acceptors (Lipinski definition) is 6. The summed E-state index contributed by atoms with van der Waals surface area (Å²) in [5.74, 6) is 0.308. The molecule has 25 heavy (non-hydrogen) atoms. The second-order valence-electron chi connectivity index (χ2n) is 6.22. The first-order valence-electron chi connectivity index (χ1n) is 8.26. The minimum Gasteiger partial charge on any atom is -0.382 e. The zero-order valence-corrected chi connectivity index (χ0v) is 13.9. The molecule has 0 aliphatic carbocycles. The van der Waals surface area contributed by atoms with Crippen molar-refractivity contribution in [1.29, 1.82) is 5.26 Å². The van der Waals surface area contributed by atoms with Crippen LogP contribution in [0.2, 0.25) is 0 Å². The number of rotatable bonds is 4. The summed E-state index contributed by atoms with van der Waals surface area (Å²) in [6, 6.07) is 9.83. The van der Waals surface area contributed by atoms with Crippen molar-refractivity contribution in [2.75, 3.05) is 18.5 Å². The summed E-state index contributed by atoms with van der Waals surface area (Å²) in [5, 5.41) is 26.1. The lowest BCUT2D eigenvalue weighted by atomic mass is 9.97. The Balaban J connectivity index is 1.59. The molecule has 0 bridgehead atoms. The first-order chi connectivity index (χ1) is 12.3. The maximum Gasteiger partial charge on any atom is 0.186 e. The highest BCUT2D eigenvalue weighted by Crippen LogP contribution is 2.35. The van der Waals surface area contributed by atoms with Crippen molar-refractivity contribution >= 4 is 16.6 Å². The fraction of sp³-hybridized carbons (Fsp3) is 0.333. The fourth-order valence-corrected chi connectivity index (χ4v) is 3.34. The summed E-state index contributed by atoms with van der Waals surface area (Å²) >= 11 is 0. The summed E-state index contributed by atoms with van der Waals surface area (Å²) in [6.45, 7) is 1.43. The normalized spacial score (nSPS) is 19.8. The lowest BCUT2D eigenvalue weighted by Crippen LogP contribution is -2.18. The van der Waals surface area contributed by atoms with E-state index in [9.17, 15) is 5.26 Å². The Hall–Kier alpha value is -2.98. The maximum atomic E-state index is 9.37. The first kappa shape index (κ1) is 15.5. The molecule has 1 aromatic carbocycles. The van der Waals surface area contributed by atoms with Crippen LogP contribution in [0.15, 0.2) is 36.7 Å². The van der Waals surface area contributed by atoms with Crippen molar-refractivity contribution in [2.45, 2.75) is 12.5 Å². The lowest BCUT2D eigenvalue weighted by molar-refractivity contribution is 0.0932. The van der Waals surface area contributed by atoms with Crippen molar-refractivity contribution < 1.29 is 4.74 Å². The molecule has 1 fully saturated rings. The third kappa shape index (κ3) is 2.92. The van der Waals surface area contributed by atoms with E-state index in [2.05, 4.69) is 26.7 Å². The van der Waals surface area contributed by atoms with Gasteiger partial charge in [-0.3, -0.25) is 4.68 Å². The van der Waals surface area contributed by atoms with Gasteiger partial charge in [-0.05, 0) is 12.5 Å². The summed E-state index contributed by atoms with van der Waals surface area (Å²) in [5.41, 5.74) is 2.92. The molecule has 0 saturated carbocycles. The molecule has 0 radical (unpaired) electrons. The standard InChI is InChI=1S/C18H18N6O/c1-24-11-13(10-21-24)18-12(6-7-25-18)9-20-17-14-4-2-3-5-15(14)22-23-16(17)8-19/h2-5,10-12,18H,6-7,9H2,1H3,(H,20,22)/t12-,18+/m0/s1. The van der Waals surface area contributed by atoms with Crippen LogP contribution in [0, 0.1) is 17.2 Å². The third-order valence-electron chi connectivity index (χ3n) is 4.58. The number of nitrogens with one attached hydrogen (secondary N) is 1. The van der Waals surface area contributed by atoms with E-state index in [4.69, 9.17) is 4.74 Å². The van der Waals surface area contributed by atoms with Crippen molar-refractivity contribution in [3.05, 3.63) is 47.9 Å². The number of benzene rings is 1. The Morgan fingerprint density at radius 2 is 2.24 bits per heavy atom. The van der Waals surface area contributed by atoms with Gasteiger partial charge in [0, 0.05) is 43.3 Å². The minimum atomic E-state index is 0.0211. The van der Waals surface area contributed by atoms with Crippen LogP contribution in [-0.2, 0) is 11.8 Å². The summed E-state index contributed by atoms with van der Waals surface area (Å²) < 4.78 is 7.70. The van der Waals surface area contributed by atoms with Crippen molar-refractivity contribution in [1.82, 2.24) is 20.0 Å². The molecule has 0 spiro atoms. The van der Waals surface area contributed by atoms with E-state index >= 15 is 0 Å². The molecule has 0 unspecified atom stereocenters. The number of fused-ring (bicyclic) bond motifs is 1. The molecule has 1 aliphatic rings. The van der Waals surface area contributed by atoms with Gasteiger partial charge in [0.25, 0.3) is 0 Å². The Morgan fingerprint density at radius 1 is 1.36 bits per heavy atom. The topological polar surface area (TPSA) is 88.6 Å². The molecule has 1 aliphatic heterocycles. The number of nitrogens with zero attached hydrogens (tertiary/aromatic N) is 5. The Bertz CT molecular complexity index is 944. The van der Waals surface area contributed by atoms with Crippen LogP contribution in [0.4, 0.5) is 5.69 Å². The van der Waals surface area contributed by atoms with Crippen LogP contribution in [0.1, 0.15) is 23.8 Å². The molecule has 1 saturated heterocycles. The van der Waals surface area contributed by atoms with Crippen molar-refractivity contribution in [2.24, 2.45) is 13.0 Å². The Morgan fingerprint density at radius 3 is 3.04 bits per heavy atom. The van der Waals surface area contributed by atoms with Crippen LogP contribution in [0.3, 0.4) is 0 Å². The minimum absolute atomic E-state index is 0.0211. The van der Waals surface area contributed by atoms with Gasteiger partial charge in [0.05, 0.1) is 23.5 Å². The number of nitriles is 1. The van der Waals surface area contributed by atoms with Gasteiger partial charge in [-0.2, -0.15) is 10.4 Å². The average molecular weight is 334 g/mol. The predicted molar refractivity (Wildman–Crippen MR) is 92.8 cm³/mol. The van der Waals surface area contributed by atoms with Gasteiger partial charge in [-0.1, -0.05) is 18.2 Å². The lowest BCUT2D eigenvalue weighted by Gasteiger charge is -2.19. The first-order valence-corrected chi connectivity index (χ1v) is 8.26. The average Bonchev–Trinajstić information content (AvgIpc) is 3.28. The molecule has 7 heteroatoms. The predicted octanol–water partition coefficient (Wildman–Crippen LogP) is 2.42. The van der Waals surface area contributed by atoms with Crippen LogP contribution in [0.5, 0.6) is 0 Å². The van der Waals surface area contributed by atoms with E-state index in [1.807, 2.05) is 43.7 Å². The Kier molecular flexibility index (Phi) is 4.04. The monoisotopic (exact) mass is 334 g/mol. The largest absolute Gasteiger partial charge is 0.382 e. The van der Waals surface area contributed by atoms with Gasteiger partial charge in [-0.25, -0.2) is 0 Å². The maximum absolute atomic E-state index is 9.37. The van der Waals surface area contributed by atoms with E-state index in [-0.39, 0.29) is 6.10 Å². The number of ether oxygens (including phenoxy) is 1. The van der Waals surface area contributed by atoms with Gasteiger partial charge < -0.3 is 10.1 Å².